The third-order valence-corrected chi connectivity index (χ3v) is 9.03. The second-order valence-corrected chi connectivity index (χ2v) is 12.0. The second kappa shape index (κ2) is 12.1. The maximum Gasteiger partial charge on any atom is 0.328 e. The summed E-state index contributed by atoms with van der Waals surface area (Å²) in [6.45, 7) is 0. The Morgan fingerprint density at radius 2 is 0.917 bits per heavy atom. The quantitative estimate of drug-likeness (QED) is 0.186. The van der Waals surface area contributed by atoms with Gasteiger partial charge in [-0.15, -0.1) is 0 Å². The van der Waals surface area contributed by atoms with E-state index in [1.165, 1.54) is 11.1 Å². The van der Waals surface area contributed by atoms with Crippen LogP contribution >= 0.6 is 0 Å². The minimum Gasteiger partial charge on any atom is -0.295 e. The first kappa shape index (κ1) is 29.1. The zero-order valence-corrected chi connectivity index (χ0v) is 26.7. The van der Waals surface area contributed by atoms with Crippen molar-refractivity contribution in [2.45, 2.75) is 0 Å². The SMILES string of the molecule is Cn1c(=O)n(C)c2cc(-c3cccc(-c4cc(-c5ccccc5-c5ccc(-c6ccccc6)cc5)nc(-c5ccccc5)n4)c3)ccc21. The van der Waals surface area contributed by atoms with Crippen molar-refractivity contribution < 1.29 is 0 Å². The van der Waals surface area contributed by atoms with Gasteiger partial charge in [0.05, 0.1) is 22.4 Å². The standard InChI is InChI=1S/C43H32N4O/c1-46-40-25-24-34(27-41(40)47(2)43(46)48)33-16-11-17-35(26-33)38-28-39(45-42(44-38)32-14-7-4-8-15-32)37-19-10-9-18-36(37)31-22-20-30(21-23-31)29-12-5-3-6-13-29/h3-28H,1-2H3. The Morgan fingerprint density at radius 3 is 1.67 bits per heavy atom. The van der Waals surface area contributed by atoms with Gasteiger partial charge in [0.1, 0.15) is 0 Å². The molecular formula is C43H32N4O. The van der Waals surface area contributed by atoms with Crippen LogP contribution < -0.4 is 5.69 Å². The fraction of sp³-hybridized carbons (Fsp3) is 0.0465. The van der Waals surface area contributed by atoms with Gasteiger partial charge < -0.3 is 0 Å². The van der Waals surface area contributed by atoms with Crippen LogP contribution in [0.1, 0.15) is 0 Å². The van der Waals surface area contributed by atoms with Crippen LogP contribution in [0.4, 0.5) is 0 Å². The summed E-state index contributed by atoms with van der Waals surface area (Å²) >= 11 is 0. The molecule has 6 aromatic carbocycles. The minimum atomic E-state index is -0.0368. The highest BCUT2D eigenvalue weighted by molar-refractivity contribution is 5.86. The van der Waals surface area contributed by atoms with E-state index >= 15 is 0 Å². The Kier molecular flexibility index (Phi) is 7.35. The van der Waals surface area contributed by atoms with Crippen LogP contribution in [0, 0.1) is 0 Å². The van der Waals surface area contributed by atoms with Gasteiger partial charge >= 0.3 is 5.69 Å². The number of nitrogens with zero attached hydrogens (tertiary/aromatic N) is 4. The predicted molar refractivity (Wildman–Crippen MR) is 196 cm³/mol. The molecule has 5 heteroatoms. The van der Waals surface area contributed by atoms with Crippen LogP contribution in [-0.4, -0.2) is 19.1 Å². The van der Waals surface area contributed by atoms with E-state index in [9.17, 15) is 4.79 Å². The molecule has 0 fully saturated rings. The zero-order chi connectivity index (χ0) is 32.6. The maximum atomic E-state index is 12.6. The molecule has 0 aliphatic rings. The lowest BCUT2D eigenvalue weighted by Gasteiger charge is -2.14. The number of hydrogen-bond acceptors (Lipinski definition) is 3. The minimum absolute atomic E-state index is 0.0368. The lowest BCUT2D eigenvalue weighted by Crippen LogP contribution is -2.19. The molecule has 0 saturated heterocycles. The van der Waals surface area contributed by atoms with Crippen molar-refractivity contribution in [3.63, 3.8) is 0 Å². The maximum absolute atomic E-state index is 12.6. The summed E-state index contributed by atoms with van der Waals surface area (Å²) in [4.78, 5) is 22.8. The van der Waals surface area contributed by atoms with Gasteiger partial charge in [0.15, 0.2) is 5.82 Å². The Balaban J connectivity index is 1.24. The van der Waals surface area contributed by atoms with Crippen LogP contribution in [0.25, 0.3) is 78.3 Å². The van der Waals surface area contributed by atoms with Crippen molar-refractivity contribution in [3.8, 4) is 67.3 Å². The lowest BCUT2D eigenvalue weighted by molar-refractivity contribution is 0.795. The monoisotopic (exact) mass is 620 g/mol. The lowest BCUT2D eigenvalue weighted by atomic mass is 9.94. The third kappa shape index (κ3) is 5.31. The highest BCUT2D eigenvalue weighted by Gasteiger charge is 2.15. The van der Waals surface area contributed by atoms with Gasteiger partial charge in [-0.05, 0) is 57.6 Å². The number of fused-ring (bicyclic) bond motifs is 1. The van der Waals surface area contributed by atoms with Gasteiger partial charge in [0.2, 0.25) is 0 Å². The first-order valence-electron chi connectivity index (χ1n) is 16.0. The highest BCUT2D eigenvalue weighted by atomic mass is 16.1. The molecular weight excluding hydrogens is 589 g/mol. The van der Waals surface area contributed by atoms with Crippen LogP contribution in [0.5, 0.6) is 0 Å². The fourth-order valence-corrected chi connectivity index (χ4v) is 6.42. The zero-order valence-electron chi connectivity index (χ0n) is 26.7. The highest BCUT2D eigenvalue weighted by Crippen LogP contribution is 2.36. The molecule has 5 nitrogen and oxygen atoms in total. The number of benzene rings is 6. The Hall–Kier alpha value is -6.33. The number of imidazole rings is 1. The number of aromatic nitrogens is 4. The van der Waals surface area contributed by atoms with Gasteiger partial charge in [-0.3, -0.25) is 9.13 Å². The number of hydrogen-bond donors (Lipinski definition) is 0. The summed E-state index contributed by atoms with van der Waals surface area (Å²) in [7, 11) is 3.62. The first-order chi connectivity index (χ1) is 23.5. The number of rotatable bonds is 6. The smallest absolute Gasteiger partial charge is 0.295 e. The molecule has 0 amide bonds. The molecule has 8 rings (SSSR count). The molecule has 0 unspecified atom stereocenters. The molecule has 0 radical (unpaired) electrons. The molecule has 0 bridgehead atoms. The van der Waals surface area contributed by atoms with Gasteiger partial charge in [-0.2, -0.15) is 0 Å². The van der Waals surface area contributed by atoms with E-state index in [1.54, 1.807) is 16.2 Å². The Morgan fingerprint density at radius 1 is 0.396 bits per heavy atom. The van der Waals surface area contributed by atoms with Crippen LogP contribution in [-0.2, 0) is 14.1 Å². The van der Waals surface area contributed by atoms with Crippen molar-refractivity contribution in [2.24, 2.45) is 14.1 Å². The fourth-order valence-electron chi connectivity index (χ4n) is 6.42. The van der Waals surface area contributed by atoms with Crippen molar-refractivity contribution in [2.75, 3.05) is 0 Å². The summed E-state index contributed by atoms with van der Waals surface area (Å²) in [6.07, 6.45) is 0. The molecule has 2 aromatic heterocycles. The molecule has 48 heavy (non-hydrogen) atoms. The average molecular weight is 621 g/mol. The summed E-state index contributed by atoms with van der Waals surface area (Å²) in [5.41, 5.74) is 13.1. The van der Waals surface area contributed by atoms with Crippen molar-refractivity contribution in [1.29, 1.82) is 0 Å². The molecule has 0 saturated carbocycles. The van der Waals surface area contributed by atoms with Crippen molar-refractivity contribution >= 4 is 11.0 Å². The number of aryl methyl sites for hydroxylation is 2. The average Bonchev–Trinajstić information content (AvgIpc) is 3.38. The van der Waals surface area contributed by atoms with E-state index in [-0.39, 0.29) is 5.69 Å². The first-order valence-corrected chi connectivity index (χ1v) is 16.0. The van der Waals surface area contributed by atoms with Crippen molar-refractivity contribution in [3.05, 3.63) is 168 Å². The summed E-state index contributed by atoms with van der Waals surface area (Å²) in [5.74, 6) is 0.670. The van der Waals surface area contributed by atoms with E-state index in [0.29, 0.717) is 5.82 Å². The van der Waals surface area contributed by atoms with Crippen molar-refractivity contribution in [1.82, 2.24) is 19.1 Å². The molecule has 2 heterocycles. The van der Waals surface area contributed by atoms with Gasteiger partial charge in [0.25, 0.3) is 0 Å². The van der Waals surface area contributed by atoms with Gasteiger partial charge in [0, 0.05) is 30.8 Å². The van der Waals surface area contributed by atoms with Crippen LogP contribution in [0.2, 0.25) is 0 Å². The van der Waals surface area contributed by atoms with Gasteiger partial charge in [-0.1, -0.05) is 133 Å². The van der Waals surface area contributed by atoms with Crippen LogP contribution in [0.3, 0.4) is 0 Å². The van der Waals surface area contributed by atoms with E-state index < -0.39 is 0 Å². The molecule has 0 N–H and O–H groups in total. The molecule has 0 aliphatic carbocycles. The largest absolute Gasteiger partial charge is 0.328 e. The van der Waals surface area contributed by atoms with Gasteiger partial charge in [-0.25, -0.2) is 14.8 Å². The second-order valence-electron chi connectivity index (χ2n) is 12.0. The van der Waals surface area contributed by atoms with E-state index in [0.717, 1.165) is 61.4 Å². The molecule has 0 atom stereocenters. The molecule has 0 spiro atoms. The van der Waals surface area contributed by atoms with E-state index in [2.05, 4.69) is 115 Å². The van der Waals surface area contributed by atoms with E-state index in [4.69, 9.17) is 9.97 Å². The molecule has 0 aliphatic heterocycles. The van der Waals surface area contributed by atoms with E-state index in [1.807, 2.05) is 49.5 Å². The molecule has 8 aromatic rings. The predicted octanol–water partition coefficient (Wildman–Crippen LogP) is 9.67. The Bertz CT molecular complexity index is 2480. The summed E-state index contributed by atoms with van der Waals surface area (Å²) in [5, 5.41) is 0. The summed E-state index contributed by atoms with van der Waals surface area (Å²) < 4.78 is 3.37. The topological polar surface area (TPSA) is 52.7 Å². The summed E-state index contributed by atoms with van der Waals surface area (Å²) in [6, 6.07) is 54.4. The molecule has 230 valence electrons. The van der Waals surface area contributed by atoms with Crippen LogP contribution in [0.15, 0.2) is 163 Å². The normalized spacial score (nSPS) is 11.2. The third-order valence-electron chi connectivity index (χ3n) is 9.03. The Labute approximate surface area is 279 Å².